The zero-order chi connectivity index (χ0) is 14.4. The molecule has 0 saturated carbocycles. The number of ether oxygens (including phenoxy) is 1. The number of ketones is 1. The third kappa shape index (κ3) is 3.11. The summed E-state index contributed by atoms with van der Waals surface area (Å²) in [5.74, 6) is -0.0671. The monoisotopic (exact) mass is 273 g/mol. The Labute approximate surface area is 118 Å². The van der Waals surface area contributed by atoms with E-state index in [9.17, 15) is 4.79 Å². The lowest BCUT2D eigenvalue weighted by Gasteiger charge is -2.15. The highest BCUT2D eigenvalue weighted by atomic mass is 16.5. The fourth-order valence-electron chi connectivity index (χ4n) is 2.08. The van der Waals surface area contributed by atoms with Gasteiger partial charge in [0.15, 0.2) is 0 Å². The maximum atomic E-state index is 12.6. The lowest BCUT2D eigenvalue weighted by atomic mass is 10.1. The molecule has 20 heavy (non-hydrogen) atoms. The topological polar surface area (TPSA) is 57.0 Å². The van der Waals surface area contributed by atoms with Crippen molar-refractivity contribution in [3.63, 3.8) is 0 Å². The van der Waals surface area contributed by atoms with Gasteiger partial charge >= 0.3 is 0 Å². The molecule has 0 bridgehead atoms. The van der Waals surface area contributed by atoms with Crippen molar-refractivity contribution in [2.24, 2.45) is 0 Å². The number of Topliss-reactive ketones (excluding diaryl/α,β-unsaturated/α-hetero) is 1. The van der Waals surface area contributed by atoms with Crippen molar-refractivity contribution >= 4 is 5.78 Å². The minimum atomic E-state index is -0.425. The molecule has 0 spiro atoms. The number of aromatic nitrogens is 3. The van der Waals surface area contributed by atoms with Gasteiger partial charge in [0, 0.05) is 6.61 Å². The van der Waals surface area contributed by atoms with Gasteiger partial charge in [-0.25, -0.2) is 4.68 Å². The number of carbonyl (C=O) groups excluding carboxylic acids is 1. The van der Waals surface area contributed by atoms with Crippen molar-refractivity contribution in [3.05, 3.63) is 42.2 Å². The third-order valence-electron chi connectivity index (χ3n) is 3.01. The maximum absolute atomic E-state index is 12.6. The molecule has 0 amide bonds. The first-order chi connectivity index (χ1) is 9.77. The van der Waals surface area contributed by atoms with Gasteiger partial charge in [-0.15, -0.1) is 5.10 Å². The van der Waals surface area contributed by atoms with Gasteiger partial charge in [0.05, 0.1) is 11.9 Å². The molecule has 0 N–H and O–H groups in total. The predicted molar refractivity (Wildman–Crippen MR) is 76.0 cm³/mol. The fraction of sp³-hybridized carbons (Fsp3) is 0.400. The van der Waals surface area contributed by atoms with Gasteiger partial charge in [-0.1, -0.05) is 36.8 Å². The van der Waals surface area contributed by atoms with E-state index in [1.165, 1.54) is 6.20 Å². The van der Waals surface area contributed by atoms with E-state index in [-0.39, 0.29) is 5.78 Å². The summed E-state index contributed by atoms with van der Waals surface area (Å²) in [6.45, 7) is 4.44. The Balaban J connectivity index is 2.29. The predicted octanol–water partition coefficient (Wildman–Crippen LogP) is 2.66. The van der Waals surface area contributed by atoms with Crippen LogP contribution in [-0.4, -0.2) is 33.5 Å². The number of hydrogen-bond donors (Lipinski definition) is 0. The van der Waals surface area contributed by atoms with Gasteiger partial charge < -0.3 is 4.74 Å². The second-order valence-electron chi connectivity index (χ2n) is 4.46. The van der Waals surface area contributed by atoms with E-state index in [2.05, 4.69) is 10.3 Å². The molecule has 1 atom stereocenters. The molecule has 1 aromatic heterocycles. The maximum Gasteiger partial charge on any atom is 0.211 e. The normalized spacial score (nSPS) is 12.3. The van der Waals surface area contributed by atoms with Crippen LogP contribution in [0.1, 0.15) is 37.2 Å². The summed E-state index contributed by atoms with van der Waals surface area (Å²) in [6.07, 6.45) is 2.67. The summed E-state index contributed by atoms with van der Waals surface area (Å²) >= 11 is 0. The molecule has 0 aliphatic carbocycles. The second-order valence-corrected chi connectivity index (χ2v) is 4.46. The van der Waals surface area contributed by atoms with E-state index in [0.29, 0.717) is 18.7 Å². The quantitative estimate of drug-likeness (QED) is 0.728. The van der Waals surface area contributed by atoms with Gasteiger partial charge in [-0.05, 0) is 25.5 Å². The highest BCUT2D eigenvalue weighted by molar-refractivity contribution is 5.98. The standard InChI is InChI=1S/C15H19N3O2/c1-3-8-14(20-4-2)15(19)13-11-16-17-18(13)12-9-6-5-7-10-12/h5-7,9-11,14H,3-4,8H2,1-2H3. The van der Waals surface area contributed by atoms with Crippen LogP contribution in [0.2, 0.25) is 0 Å². The van der Waals surface area contributed by atoms with E-state index < -0.39 is 6.10 Å². The molecule has 2 rings (SSSR count). The minimum absolute atomic E-state index is 0.0671. The van der Waals surface area contributed by atoms with Crippen LogP contribution in [0.15, 0.2) is 36.5 Å². The van der Waals surface area contributed by atoms with Crippen molar-refractivity contribution in [3.8, 4) is 5.69 Å². The van der Waals surface area contributed by atoms with Crippen LogP contribution >= 0.6 is 0 Å². The van der Waals surface area contributed by atoms with Crippen LogP contribution in [0.5, 0.6) is 0 Å². The summed E-state index contributed by atoms with van der Waals surface area (Å²) < 4.78 is 7.10. The first-order valence-corrected chi connectivity index (χ1v) is 6.89. The SMILES string of the molecule is CCCC(OCC)C(=O)c1cnnn1-c1ccccc1. The van der Waals surface area contributed by atoms with Crippen LogP contribution < -0.4 is 0 Å². The molecule has 106 valence electrons. The lowest BCUT2D eigenvalue weighted by Crippen LogP contribution is -2.26. The van der Waals surface area contributed by atoms with Gasteiger partial charge in [0.2, 0.25) is 5.78 Å². The smallest absolute Gasteiger partial charge is 0.211 e. The molecule has 5 nitrogen and oxygen atoms in total. The average Bonchev–Trinajstić information content (AvgIpc) is 2.96. The highest BCUT2D eigenvalue weighted by Gasteiger charge is 2.24. The van der Waals surface area contributed by atoms with Gasteiger partial charge in [0.25, 0.3) is 0 Å². The number of nitrogens with zero attached hydrogens (tertiary/aromatic N) is 3. The Hall–Kier alpha value is -2.01. The van der Waals surface area contributed by atoms with Crippen molar-refractivity contribution < 1.29 is 9.53 Å². The molecule has 1 heterocycles. The van der Waals surface area contributed by atoms with Crippen LogP contribution in [0.25, 0.3) is 5.69 Å². The van der Waals surface area contributed by atoms with E-state index in [0.717, 1.165) is 12.1 Å². The van der Waals surface area contributed by atoms with Gasteiger partial charge in [-0.3, -0.25) is 4.79 Å². The van der Waals surface area contributed by atoms with E-state index in [1.54, 1.807) is 4.68 Å². The van der Waals surface area contributed by atoms with Crippen LogP contribution in [0.3, 0.4) is 0 Å². The first-order valence-electron chi connectivity index (χ1n) is 6.89. The van der Waals surface area contributed by atoms with Crippen molar-refractivity contribution in [1.82, 2.24) is 15.0 Å². The van der Waals surface area contributed by atoms with Crippen molar-refractivity contribution in [2.45, 2.75) is 32.8 Å². The summed E-state index contributed by atoms with van der Waals surface area (Å²) in [4.78, 5) is 12.6. The molecule has 0 radical (unpaired) electrons. The van der Waals surface area contributed by atoms with Crippen molar-refractivity contribution in [2.75, 3.05) is 6.61 Å². The van der Waals surface area contributed by atoms with Crippen LogP contribution in [0.4, 0.5) is 0 Å². The molecule has 0 saturated heterocycles. The molecule has 2 aromatic rings. The Morgan fingerprint density at radius 1 is 1.30 bits per heavy atom. The van der Waals surface area contributed by atoms with E-state index >= 15 is 0 Å². The molecule has 0 aliphatic rings. The Morgan fingerprint density at radius 2 is 2.05 bits per heavy atom. The molecular formula is C15H19N3O2. The highest BCUT2D eigenvalue weighted by Crippen LogP contribution is 2.14. The van der Waals surface area contributed by atoms with Crippen LogP contribution in [-0.2, 0) is 4.74 Å². The van der Waals surface area contributed by atoms with Gasteiger partial charge in [0.1, 0.15) is 11.8 Å². The number of para-hydroxylation sites is 1. The Kier molecular flexibility index (Phi) is 5.01. The molecule has 5 heteroatoms. The van der Waals surface area contributed by atoms with Gasteiger partial charge in [-0.2, -0.15) is 0 Å². The number of hydrogen-bond acceptors (Lipinski definition) is 4. The average molecular weight is 273 g/mol. The Morgan fingerprint density at radius 3 is 2.70 bits per heavy atom. The molecule has 1 unspecified atom stereocenters. The molecule has 0 fully saturated rings. The summed E-state index contributed by atoms with van der Waals surface area (Å²) in [5, 5.41) is 7.86. The number of benzene rings is 1. The second kappa shape index (κ2) is 6.96. The molecule has 0 aliphatic heterocycles. The number of rotatable bonds is 7. The van der Waals surface area contributed by atoms with E-state index in [1.807, 2.05) is 44.2 Å². The molecular weight excluding hydrogens is 254 g/mol. The first kappa shape index (κ1) is 14.4. The molecule has 1 aromatic carbocycles. The van der Waals surface area contributed by atoms with E-state index in [4.69, 9.17) is 4.74 Å². The Bertz CT molecular complexity index is 545. The third-order valence-corrected chi connectivity index (χ3v) is 3.01. The summed E-state index contributed by atoms with van der Waals surface area (Å²) in [5.41, 5.74) is 1.28. The van der Waals surface area contributed by atoms with Crippen molar-refractivity contribution in [1.29, 1.82) is 0 Å². The summed E-state index contributed by atoms with van der Waals surface area (Å²) in [7, 11) is 0. The number of carbonyl (C=O) groups is 1. The zero-order valence-corrected chi connectivity index (χ0v) is 11.8. The lowest BCUT2D eigenvalue weighted by molar-refractivity contribution is 0.0416. The largest absolute Gasteiger partial charge is 0.370 e. The summed E-state index contributed by atoms with van der Waals surface area (Å²) in [6, 6.07) is 9.50. The zero-order valence-electron chi connectivity index (χ0n) is 11.8. The minimum Gasteiger partial charge on any atom is -0.370 e. The van der Waals surface area contributed by atoms with Crippen LogP contribution in [0, 0.1) is 0 Å². The fourth-order valence-corrected chi connectivity index (χ4v) is 2.08.